The summed E-state index contributed by atoms with van der Waals surface area (Å²) in [6.07, 6.45) is 6.52. The third kappa shape index (κ3) is 6.12. The third-order valence-electron chi connectivity index (χ3n) is 4.24. The molecule has 2 heterocycles. The largest absolute Gasteiger partial charge is 0.390 e. The van der Waals surface area contributed by atoms with Gasteiger partial charge in [0, 0.05) is 31.9 Å². The molecule has 1 saturated heterocycles. The minimum atomic E-state index is -0.490. The molecule has 122 valence electrons. The Bertz CT molecular complexity index is 444. The lowest BCUT2D eigenvalue weighted by molar-refractivity contribution is -0.121. The van der Waals surface area contributed by atoms with Gasteiger partial charge < -0.3 is 15.3 Å². The van der Waals surface area contributed by atoms with E-state index in [0.29, 0.717) is 25.9 Å². The zero-order chi connectivity index (χ0) is 15.8. The van der Waals surface area contributed by atoms with E-state index in [2.05, 4.69) is 22.1 Å². The maximum absolute atomic E-state index is 11.8. The van der Waals surface area contributed by atoms with Crippen LogP contribution in [0, 0.1) is 5.92 Å². The Morgan fingerprint density at radius 1 is 1.50 bits per heavy atom. The predicted octanol–water partition coefficient (Wildman–Crippen LogP) is 1.22. The number of β-amino-alcohol motifs (C(OH)–C–C–N with tert-alkyl or cyclic N) is 1. The number of nitrogens with zero attached hydrogens (tertiary/aromatic N) is 2. The fourth-order valence-corrected chi connectivity index (χ4v) is 2.73. The second-order valence-electron chi connectivity index (χ2n) is 6.30. The van der Waals surface area contributed by atoms with Gasteiger partial charge in [-0.15, -0.1) is 0 Å². The van der Waals surface area contributed by atoms with Crippen LogP contribution in [0.2, 0.25) is 0 Å². The van der Waals surface area contributed by atoms with E-state index in [9.17, 15) is 9.90 Å². The summed E-state index contributed by atoms with van der Waals surface area (Å²) in [5, 5.41) is 12.9. The number of aromatic nitrogens is 1. The van der Waals surface area contributed by atoms with Crippen molar-refractivity contribution in [2.75, 3.05) is 26.2 Å². The van der Waals surface area contributed by atoms with Crippen molar-refractivity contribution >= 4 is 5.91 Å². The normalized spacial score (nSPS) is 18.1. The van der Waals surface area contributed by atoms with Crippen LogP contribution in [0.25, 0.3) is 0 Å². The van der Waals surface area contributed by atoms with Gasteiger partial charge in [0.25, 0.3) is 0 Å². The number of amides is 1. The van der Waals surface area contributed by atoms with E-state index in [1.54, 1.807) is 12.4 Å². The molecule has 1 aliphatic rings. The molecule has 0 aliphatic carbocycles. The molecule has 22 heavy (non-hydrogen) atoms. The smallest absolute Gasteiger partial charge is 0.220 e. The van der Waals surface area contributed by atoms with Gasteiger partial charge in [0.05, 0.1) is 6.10 Å². The molecule has 1 fully saturated rings. The summed E-state index contributed by atoms with van der Waals surface area (Å²) in [6.45, 7) is 5.35. The van der Waals surface area contributed by atoms with E-state index in [1.165, 1.54) is 12.8 Å². The summed E-state index contributed by atoms with van der Waals surface area (Å²) in [7, 11) is 0. The highest BCUT2D eigenvalue weighted by Crippen LogP contribution is 2.15. The highest BCUT2D eigenvalue weighted by atomic mass is 16.3. The molecule has 0 saturated carbocycles. The molecule has 1 aromatic heterocycles. The van der Waals surface area contributed by atoms with Gasteiger partial charge >= 0.3 is 0 Å². The maximum atomic E-state index is 11.8. The van der Waals surface area contributed by atoms with Crippen LogP contribution < -0.4 is 5.32 Å². The van der Waals surface area contributed by atoms with Crippen LogP contribution in [0.4, 0.5) is 0 Å². The molecular weight excluding hydrogens is 278 g/mol. The quantitative estimate of drug-likeness (QED) is 0.795. The van der Waals surface area contributed by atoms with E-state index >= 15 is 0 Å². The number of pyridine rings is 1. The van der Waals surface area contributed by atoms with E-state index in [1.807, 2.05) is 12.1 Å². The van der Waals surface area contributed by atoms with Gasteiger partial charge in [0.2, 0.25) is 5.91 Å². The van der Waals surface area contributed by atoms with Crippen molar-refractivity contribution in [1.82, 2.24) is 15.2 Å². The van der Waals surface area contributed by atoms with Crippen LogP contribution in [0.1, 0.15) is 31.7 Å². The number of piperidine rings is 1. The lowest BCUT2D eigenvalue weighted by Crippen LogP contribution is -2.43. The zero-order valence-corrected chi connectivity index (χ0v) is 13.4. The van der Waals surface area contributed by atoms with Crippen molar-refractivity contribution in [2.24, 2.45) is 5.92 Å². The van der Waals surface area contributed by atoms with Gasteiger partial charge in [-0.1, -0.05) is 13.0 Å². The maximum Gasteiger partial charge on any atom is 0.220 e. The minimum Gasteiger partial charge on any atom is -0.390 e. The predicted molar refractivity (Wildman–Crippen MR) is 86.4 cm³/mol. The summed E-state index contributed by atoms with van der Waals surface area (Å²) in [4.78, 5) is 18.1. The molecule has 2 N–H and O–H groups in total. The van der Waals surface area contributed by atoms with Gasteiger partial charge in [-0.3, -0.25) is 9.78 Å². The Morgan fingerprint density at radius 2 is 2.27 bits per heavy atom. The average molecular weight is 305 g/mol. The Kier molecular flexibility index (Phi) is 6.80. The number of hydrogen-bond donors (Lipinski definition) is 2. The lowest BCUT2D eigenvalue weighted by atomic mass is 9.99. The zero-order valence-electron chi connectivity index (χ0n) is 13.4. The Morgan fingerprint density at radius 3 is 2.95 bits per heavy atom. The number of nitrogens with one attached hydrogen (secondary N) is 1. The molecule has 1 aliphatic heterocycles. The monoisotopic (exact) mass is 305 g/mol. The molecule has 0 radical (unpaired) electrons. The molecule has 1 aromatic rings. The fraction of sp³-hybridized carbons (Fsp3) is 0.647. The molecule has 0 spiro atoms. The van der Waals surface area contributed by atoms with E-state index in [4.69, 9.17) is 0 Å². The van der Waals surface area contributed by atoms with Crippen molar-refractivity contribution in [1.29, 1.82) is 0 Å². The fourth-order valence-electron chi connectivity index (χ4n) is 2.73. The molecule has 5 heteroatoms. The first-order valence-corrected chi connectivity index (χ1v) is 8.19. The number of aryl methyl sites for hydroxylation is 1. The van der Waals surface area contributed by atoms with Crippen LogP contribution in [-0.2, 0) is 11.2 Å². The molecule has 0 aromatic carbocycles. The van der Waals surface area contributed by atoms with Gasteiger partial charge in [-0.05, 0) is 49.9 Å². The molecular formula is C17H27N3O2. The highest BCUT2D eigenvalue weighted by molar-refractivity contribution is 5.76. The van der Waals surface area contributed by atoms with Crippen molar-refractivity contribution in [3.05, 3.63) is 30.1 Å². The second kappa shape index (κ2) is 8.86. The van der Waals surface area contributed by atoms with Crippen molar-refractivity contribution in [2.45, 2.75) is 38.7 Å². The Labute approximate surface area is 132 Å². The highest BCUT2D eigenvalue weighted by Gasteiger charge is 2.18. The Balaban J connectivity index is 1.59. The summed E-state index contributed by atoms with van der Waals surface area (Å²) in [6, 6.07) is 3.84. The van der Waals surface area contributed by atoms with Crippen LogP contribution in [0.3, 0.4) is 0 Å². The Hall–Kier alpha value is -1.46. The summed E-state index contributed by atoms with van der Waals surface area (Å²) in [5.41, 5.74) is 1.06. The van der Waals surface area contributed by atoms with Crippen molar-refractivity contribution < 1.29 is 9.90 Å². The van der Waals surface area contributed by atoms with Crippen LogP contribution in [-0.4, -0.2) is 53.2 Å². The van der Waals surface area contributed by atoms with Gasteiger partial charge in [0.1, 0.15) is 0 Å². The first kappa shape index (κ1) is 16.9. The molecule has 5 nitrogen and oxygen atoms in total. The first-order valence-electron chi connectivity index (χ1n) is 8.19. The number of aliphatic hydroxyl groups excluding tert-OH is 1. The summed E-state index contributed by atoms with van der Waals surface area (Å²) in [5.74, 6) is 0.774. The minimum absolute atomic E-state index is 0.0184. The number of hydrogen-bond acceptors (Lipinski definition) is 4. The van der Waals surface area contributed by atoms with E-state index in [-0.39, 0.29) is 5.91 Å². The first-order chi connectivity index (χ1) is 10.6. The van der Waals surface area contributed by atoms with Gasteiger partial charge in [-0.25, -0.2) is 0 Å². The van der Waals surface area contributed by atoms with E-state index < -0.39 is 6.10 Å². The number of carbonyl (C=O) groups is 1. The van der Waals surface area contributed by atoms with Gasteiger partial charge in [-0.2, -0.15) is 0 Å². The van der Waals surface area contributed by atoms with Crippen LogP contribution >= 0.6 is 0 Å². The number of likely N-dealkylation sites (tertiary alicyclic amines) is 1. The molecule has 1 amide bonds. The van der Waals surface area contributed by atoms with Crippen molar-refractivity contribution in [3.8, 4) is 0 Å². The molecule has 1 atom stereocenters. The number of rotatable bonds is 7. The third-order valence-corrected chi connectivity index (χ3v) is 4.24. The number of aliphatic hydroxyl groups is 1. The summed E-state index contributed by atoms with van der Waals surface area (Å²) >= 11 is 0. The van der Waals surface area contributed by atoms with Crippen LogP contribution in [0.5, 0.6) is 0 Å². The average Bonchev–Trinajstić information content (AvgIpc) is 2.54. The lowest BCUT2D eigenvalue weighted by Gasteiger charge is -2.31. The second-order valence-corrected chi connectivity index (χ2v) is 6.30. The van der Waals surface area contributed by atoms with Crippen LogP contribution in [0.15, 0.2) is 24.5 Å². The van der Waals surface area contributed by atoms with Crippen molar-refractivity contribution in [3.63, 3.8) is 0 Å². The molecule has 2 rings (SSSR count). The van der Waals surface area contributed by atoms with E-state index in [0.717, 1.165) is 24.6 Å². The SMILES string of the molecule is CC1CCN(CC(O)CNC(=O)CCc2cccnc2)CC1. The standard InChI is InChI=1S/C17H27N3O2/c1-14-6-9-20(10-7-14)13-16(21)12-19-17(22)5-4-15-3-2-8-18-11-15/h2-3,8,11,14,16,21H,4-7,9-10,12-13H2,1H3,(H,19,22). The molecule has 0 bridgehead atoms. The topological polar surface area (TPSA) is 65.5 Å². The summed E-state index contributed by atoms with van der Waals surface area (Å²) < 4.78 is 0. The molecule has 1 unspecified atom stereocenters. The number of carbonyl (C=O) groups excluding carboxylic acids is 1. The van der Waals surface area contributed by atoms with Gasteiger partial charge in [0.15, 0.2) is 0 Å².